The quantitative estimate of drug-likeness (QED) is 0.681. The summed E-state index contributed by atoms with van der Waals surface area (Å²) in [6.07, 6.45) is 2.61. The number of piperidine rings is 1. The number of nitrogens with one attached hydrogen (secondary N) is 1. The van der Waals surface area contributed by atoms with Gasteiger partial charge in [0, 0.05) is 39.3 Å². The molecule has 2 aliphatic rings. The molecule has 2 amide bonds. The predicted molar refractivity (Wildman–Crippen MR) is 134 cm³/mol. The van der Waals surface area contributed by atoms with Crippen molar-refractivity contribution in [2.75, 3.05) is 50.8 Å². The lowest BCUT2D eigenvalue weighted by atomic mass is 9.99. The number of hydrogen-bond donors (Lipinski definition) is 1. The number of piperazine rings is 1. The number of para-hydroxylation sites is 2. The molecule has 0 bridgehead atoms. The molecular weight excluding hydrogens is 412 g/mol. The molecule has 0 unspecified atom stereocenters. The Hall–Kier alpha value is -2.73. The molecule has 6 nitrogen and oxygen atoms in total. The molecule has 2 aromatic carbocycles. The number of nitrogens with zero attached hydrogens (tertiary/aromatic N) is 3. The molecule has 0 spiro atoms. The number of anilines is 1. The van der Waals surface area contributed by atoms with Gasteiger partial charge in [-0.2, -0.15) is 0 Å². The maximum absolute atomic E-state index is 12.7. The number of rotatable bonds is 7. The summed E-state index contributed by atoms with van der Waals surface area (Å²) in [5.41, 5.74) is 3.60. The van der Waals surface area contributed by atoms with Gasteiger partial charge in [0.15, 0.2) is 0 Å². The SMILES string of the molecule is CCOc1ccccc1N1CCN(C(=O)NCc2ccc(CN3CCC(C)CC3)cc2)CC1. The number of carbonyl (C=O) groups is 1. The molecule has 0 radical (unpaired) electrons. The van der Waals surface area contributed by atoms with E-state index < -0.39 is 0 Å². The highest BCUT2D eigenvalue weighted by Gasteiger charge is 2.23. The molecule has 1 N–H and O–H groups in total. The third-order valence-corrected chi connectivity index (χ3v) is 6.82. The first-order valence-corrected chi connectivity index (χ1v) is 12.4. The molecule has 178 valence electrons. The Morgan fingerprint density at radius 1 is 0.939 bits per heavy atom. The van der Waals surface area contributed by atoms with Crippen LogP contribution < -0.4 is 15.0 Å². The zero-order valence-corrected chi connectivity index (χ0v) is 20.1. The van der Waals surface area contributed by atoms with Gasteiger partial charge in [0.25, 0.3) is 0 Å². The molecule has 2 fully saturated rings. The monoisotopic (exact) mass is 450 g/mol. The van der Waals surface area contributed by atoms with Crippen LogP contribution in [0.25, 0.3) is 0 Å². The Balaban J connectivity index is 1.21. The summed E-state index contributed by atoms with van der Waals surface area (Å²) >= 11 is 0. The third kappa shape index (κ3) is 6.41. The lowest BCUT2D eigenvalue weighted by molar-refractivity contribution is 0.185. The number of carbonyl (C=O) groups excluding carboxylic acids is 1. The molecule has 33 heavy (non-hydrogen) atoms. The van der Waals surface area contributed by atoms with Crippen molar-refractivity contribution in [3.05, 3.63) is 59.7 Å². The minimum absolute atomic E-state index is 0.0132. The van der Waals surface area contributed by atoms with Gasteiger partial charge in [-0.25, -0.2) is 4.79 Å². The second kappa shape index (κ2) is 11.4. The van der Waals surface area contributed by atoms with Crippen molar-refractivity contribution < 1.29 is 9.53 Å². The normalized spacial score (nSPS) is 17.8. The number of amides is 2. The Morgan fingerprint density at radius 3 is 2.30 bits per heavy atom. The molecule has 2 aromatic rings. The first kappa shape index (κ1) is 23.4. The highest BCUT2D eigenvalue weighted by atomic mass is 16.5. The number of likely N-dealkylation sites (tertiary alicyclic amines) is 1. The lowest BCUT2D eigenvalue weighted by Gasteiger charge is -2.36. The minimum atomic E-state index is 0.0132. The van der Waals surface area contributed by atoms with Crippen molar-refractivity contribution in [3.63, 3.8) is 0 Å². The predicted octanol–water partition coefficient (Wildman–Crippen LogP) is 4.35. The van der Waals surface area contributed by atoms with E-state index in [0.717, 1.165) is 42.6 Å². The summed E-state index contributed by atoms with van der Waals surface area (Å²) in [5, 5.41) is 3.09. The number of ether oxygens (including phenoxy) is 1. The molecule has 4 rings (SSSR count). The van der Waals surface area contributed by atoms with E-state index in [-0.39, 0.29) is 6.03 Å². The van der Waals surface area contributed by atoms with E-state index in [1.54, 1.807) is 0 Å². The highest BCUT2D eigenvalue weighted by Crippen LogP contribution is 2.28. The van der Waals surface area contributed by atoms with Crippen LogP contribution in [0.15, 0.2) is 48.5 Å². The standard InChI is InChI=1S/C27H38N4O2/c1-3-33-26-7-5-4-6-25(26)30-16-18-31(19-17-30)27(32)28-20-23-8-10-24(11-9-23)21-29-14-12-22(2)13-15-29/h4-11,22H,3,12-21H2,1-2H3,(H,28,32). The fourth-order valence-corrected chi connectivity index (χ4v) is 4.68. The van der Waals surface area contributed by atoms with E-state index in [1.165, 1.54) is 31.5 Å². The number of benzene rings is 2. The molecule has 6 heteroatoms. The molecule has 2 heterocycles. The van der Waals surface area contributed by atoms with Crippen LogP contribution in [-0.2, 0) is 13.1 Å². The zero-order valence-electron chi connectivity index (χ0n) is 20.1. The fraction of sp³-hybridized carbons (Fsp3) is 0.519. The van der Waals surface area contributed by atoms with Crippen LogP contribution in [0.4, 0.5) is 10.5 Å². The van der Waals surface area contributed by atoms with Crippen molar-refractivity contribution in [1.29, 1.82) is 0 Å². The lowest BCUT2D eigenvalue weighted by Crippen LogP contribution is -2.51. The molecule has 0 aromatic heterocycles. The fourth-order valence-electron chi connectivity index (χ4n) is 4.68. The smallest absolute Gasteiger partial charge is 0.317 e. The van der Waals surface area contributed by atoms with Crippen molar-refractivity contribution in [3.8, 4) is 5.75 Å². The van der Waals surface area contributed by atoms with E-state index in [0.29, 0.717) is 26.2 Å². The Morgan fingerprint density at radius 2 is 1.61 bits per heavy atom. The van der Waals surface area contributed by atoms with Crippen molar-refractivity contribution >= 4 is 11.7 Å². The second-order valence-corrected chi connectivity index (χ2v) is 9.31. The van der Waals surface area contributed by atoms with E-state index in [2.05, 4.69) is 52.4 Å². The van der Waals surface area contributed by atoms with Crippen LogP contribution in [0, 0.1) is 5.92 Å². The Bertz CT molecular complexity index is 885. The van der Waals surface area contributed by atoms with Gasteiger partial charge in [0.05, 0.1) is 12.3 Å². The average molecular weight is 451 g/mol. The van der Waals surface area contributed by atoms with Gasteiger partial charge >= 0.3 is 6.03 Å². The molecule has 0 aliphatic carbocycles. The first-order chi connectivity index (χ1) is 16.1. The van der Waals surface area contributed by atoms with E-state index in [4.69, 9.17) is 4.74 Å². The third-order valence-electron chi connectivity index (χ3n) is 6.82. The minimum Gasteiger partial charge on any atom is -0.492 e. The van der Waals surface area contributed by atoms with Crippen LogP contribution in [0.3, 0.4) is 0 Å². The van der Waals surface area contributed by atoms with Crippen LogP contribution >= 0.6 is 0 Å². The highest BCUT2D eigenvalue weighted by molar-refractivity contribution is 5.74. The van der Waals surface area contributed by atoms with Gasteiger partial charge in [-0.15, -0.1) is 0 Å². The van der Waals surface area contributed by atoms with Gasteiger partial charge in [0.1, 0.15) is 5.75 Å². The largest absolute Gasteiger partial charge is 0.492 e. The van der Waals surface area contributed by atoms with Crippen LogP contribution in [0.1, 0.15) is 37.8 Å². The Kier molecular flexibility index (Phi) is 8.10. The summed E-state index contributed by atoms with van der Waals surface area (Å²) < 4.78 is 5.77. The van der Waals surface area contributed by atoms with Crippen LogP contribution in [-0.4, -0.2) is 61.7 Å². The Labute approximate surface area is 198 Å². The number of hydrogen-bond acceptors (Lipinski definition) is 4. The van der Waals surface area contributed by atoms with Gasteiger partial charge < -0.3 is 19.9 Å². The number of urea groups is 1. The van der Waals surface area contributed by atoms with Gasteiger partial charge in [0.2, 0.25) is 0 Å². The summed E-state index contributed by atoms with van der Waals surface area (Å²) in [7, 11) is 0. The van der Waals surface area contributed by atoms with Gasteiger partial charge in [-0.1, -0.05) is 43.3 Å². The van der Waals surface area contributed by atoms with Crippen LogP contribution in [0.5, 0.6) is 5.75 Å². The van der Waals surface area contributed by atoms with E-state index >= 15 is 0 Å². The molecule has 0 atom stereocenters. The van der Waals surface area contributed by atoms with E-state index in [1.807, 2.05) is 30.0 Å². The summed E-state index contributed by atoms with van der Waals surface area (Å²) in [6, 6.07) is 16.8. The topological polar surface area (TPSA) is 48.1 Å². The van der Waals surface area contributed by atoms with Crippen molar-refractivity contribution in [1.82, 2.24) is 15.1 Å². The van der Waals surface area contributed by atoms with Gasteiger partial charge in [-0.3, -0.25) is 4.90 Å². The summed E-state index contributed by atoms with van der Waals surface area (Å²) in [6.45, 7) is 12.0. The molecule has 2 aliphatic heterocycles. The zero-order chi connectivity index (χ0) is 23.0. The maximum atomic E-state index is 12.7. The summed E-state index contributed by atoms with van der Waals surface area (Å²) in [4.78, 5) is 19.5. The van der Waals surface area contributed by atoms with Crippen molar-refractivity contribution in [2.45, 2.75) is 39.8 Å². The average Bonchev–Trinajstić information content (AvgIpc) is 2.85. The van der Waals surface area contributed by atoms with Crippen LogP contribution in [0.2, 0.25) is 0 Å². The maximum Gasteiger partial charge on any atom is 0.317 e. The second-order valence-electron chi connectivity index (χ2n) is 9.31. The molecule has 2 saturated heterocycles. The molecular formula is C27H38N4O2. The van der Waals surface area contributed by atoms with Crippen molar-refractivity contribution in [2.24, 2.45) is 5.92 Å². The first-order valence-electron chi connectivity index (χ1n) is 12.4. The van der Waals surface area contributed by atoms with E-state index in [9.17, 15) is 4.79 Å². The molecule has 0 saturated carbocycles. The van der Waals surface area contributed by atoms with Gasteiger partial charge in [-0.05, 0) is 62.0 Å². The summed E-state index contributed by atoms with van der Waals surface area (Å²) in [5.74, 6) is 1.78.